The van der Waals surface area contributed by atoms with Gasteiger partial charge in [-0.2, -0.15) is 4.37 Å². The van der Waals surface area contributed by atoms with E-state index in [1.807, 2.05) is 12.3 Å². The number of thiazole rings is 1. The standard InChI is InChI=1S/C11H16N4S2/c1-4-5-15(3)11-9(10(12)14-17-11)8-6-16-7(2)13-8/h6H,4-5H2,1-3H3,(H2,12,14). The van der Waals surface area contributed by atoms with E-state index in [4.69, 9.17) is 5.73 Å². The highest BCUT2D eigenvalue weighted by Gasteiger charge is 2.18. The normalized spacial score (nSPS) is 10.8. The molecule has 0 aromatic carbocycles. The molecule has 0 aliphatic carbocycles. The maximum Gasteiger partial charge on any atom is 0.148 e. The average Bonchev–Trinajstić information content (AvgIpc) is 2.85. The molecule has 0 atom stereocenters. The first-order valence-electron chi connectivity index (χ1n) is 5.52. The van der Waals surface area contributed by atoms with Crippen LogP contribution in [-0.2, 0) is 0 Å². The molecule has 0 unspecified atom stereocenters. The molecule has 0 spiro atoms. The molecule has 4 nitrogen and oxygen atoms in total. The highest BCUT2D eigenvalue weighted by Crippen LogP contribution is 2.38. The number of nitrogens with zero attached hydrogens (tertiary/aromatic N) is 3. The average molecular weight is 268 g/mol. The number of nitrogens with two attached hydrogens (primary N) is 1. The minimum atomic E-state index is 0.582. The first kappa shape index (κ1) is 12.3. The monoisotopic (exact) mass is 268 g/mol. The van der Waals surface area contributed by atoms with E-state index in [9.17, 15) is 0 Å². The van der Waals surface area contributed by atoms with Crippen molar-refractivity contribution in [2.45, 2.75) is 20.3 Å². The summed E-state index contributed by atoms with van der Waals surface area (Å²) in [4.78, 5) is 6.69. The molecular formula is C11H16N4S2. The molecule has 0 fully saturated rings. The lowest BCUT2D eigenvalue weighted by Gasteiger charge is -2.16. The van der Waals surface area contributed by atoms with Crippen molar-refractivity contribution in [1.29, 1.82) is 0 Å². The van der Waals surface area contributed by atoms with Gasteiger partial charge in [-0.05, 0) is 24.9 Å². The Morgan fingerprint density at radius 2 is 2.24 bits per heavy atom. The summed E-state index contributed by atoms with van der Waals surface area (Å²) in [7, 11) is 2.07. The first-order chi connectivity index (χ1) is 8.13. The van der Waals surface area contributed by atoms with Gasteiger partial charge in [-0.15, -0.1) is 11.3 Å². The zero-order valence-corrected chi connectivity index (χ0v) is 11.9. The summed E-state index contributed by atoms with van der Waals surface area (Å²) in [6, 6.07) is 0. The van der Waals surface area contributed by atoms with Crippen LogP contribution < -0.4 is 10.6 Å². The summed E-state index contributed by atoms with van der Waals surface area (Å²) in [5, 5.41) is 4.20. The van der Waals surface area contributed by atoms with Crippen LogP contribution in [0.3, 0.4) is 0 Å². The van der Waals surface area contributed by atoms with Crippen molar-refractivity contribution in [3.63, 3.8) is 0 Å². The number of anilines is 2. The lowest BCUT2D eigenvalue weighted by Crippen LogP contribution is -2.17. The van der Waals surface area contributed by atoms with Crippen LogP contribution >= 0.6 is 22.9 Å². The Labute approximate surface area is 109 Å². The van der Waals surface area contributed by atoms with Gasteiger partial charge in [0.2, 0.25) is 0 Å². The minimum Gasteiger partial charge on any atom is -0.382 e. The summed E-state index contributed by atoms with van der Waals surface area (Å²) in [5.74, 6) is 0.582. The van der Waals surface area contributed by atoms with Crippen molar-refractivity contribution in [3.8, 4) is 11.3 Å². The van der Waals surface area contributed by atoms with Crippen molar-refractivity contribution in [1.82, 2.24) is 9.36 Å². The van der Waals surface area contributed by atoms with E-state index in [2.05, 4.69) is 28.2 Å². The SMILES string of the molecule is CCCN(C)c1snc(N)c1-c1csc(C)n1. The number of nitrogen functional groups attached to an aromatic ring is 1. The molecule has 6 heteroatoms. The molecule has 0 amide bonds. The smallest absolute Gasteiger partial charge is 0.148 e. The minimum absolute atomic E-state index is 0.582. The predicted octanol–water partition coefficient (Wildman–Crippen LogP) is 3.00. The first-order valence-corrected chi connectivity index (χ1v) is 7.17. The van der Waals surface area contributed by atoms with Gasteiger partial charge >= 0.3 is 0 Å². The maximum absolute atomic E-state index is 5.95. The van der Waals surface area contributed by atoms with Crippen molar-refractivity contribution >= 4 is 33.7 Å². The second-order valence-electron chi connectivity index (χ2n) is 3.92. The summed E-state index contributed by atoms with van der Waals surface area (Å²) < 4.78 is 4.25. The molecule has 0 aliphatic heterocycles. The van der Waals surface area contributed by atoms with Gasteiger partial charge in [-0.1, -0.05) is 6.92 Å². The molecule has 2 N–H and O–H groups in total. The van der Waals surface area contributed by atoms with Gasteiger partial charge in [0.1, 0.15) is 10.8 Å². The van der Waals surface area contributed by atoms with Crippen LogP contribution in [0.2, 0.25) is 0 Å². The third-order valence-corrected chi connectivity index (χ3v) is 4.23. The number of aromatic nitrogens is 2. The number of hydrogen-bond acceptors (Lipinski definition) is 6. The molecule has 2 rings (SSSR count). The van der Waals surface area contributed by atoms with Crippen LogP contribution in [0.5, 0.6) is 0 Å². The number of hydrogen-bond donors (Lipinski definition) is 1. The fraction of sp³-hybridized carbons (Fsp3) is 0.455. The zero-order valence-electron chi connectivity index (χ0n) is 10.2. The van der Waals surface area contributed by atoms with E-state index in [-0.39, 0.29) is 0 Å². The Morgan fingerprint density at radius 3 is 2.82 bits per heavy atom. The summed E-state index contributed by atoms with van der Waals surface area (Å²) in [5.41, 5.74) is 7.88. The van der Waals surface area contributed by atoms with Crippen LogP contribution in [0.1, 0.15) is 18.4 Å². The third kappa shape index (κ3) is 2.42. The fourth-order valence-electron chi connectivity index (χ4n) is 1.71. The molecule has 2 heterocycles. The molecular weight excluding hydrogens is 252 g/mol. The quantitative estimate of drug-likeness (QED) is 0.926. The molecule has 0 bridgehead atoms. The number of rotatable bonds is 4. The van der Waals surface area contributed by atoms with Gasteiger partial charge in [0.15, 0.2) is 0 Å². The van der Waals surface area contributed by atoms with Crippen LogP contribution in [0.15, 0.2) is 5.38 Å². The molecule has 2 aromatic rings. The highest BCUT2D eigenvalue weighted by molar-refractivity contribution is 7.11. The van der Waals surface area contributed by atoms with E-state index in [0.29, 0.717) is 5.82 Å². The lowest BCUT2D eigenvalue weighted by atomic mass is 10.2. The molecule has 2 aromatic heterocycles. The van der Waals surface area contributed by atoms with Crippen LogP contribution in [0, 0.1) is 6.92 Å². The Bertz CT molecular complexity index is 503. The van der Waals surface area contributed by atoms with Crippen molar-refractivity contribution in [2.75, 3.05) is 24.2 Å². The number of aryl methyl sites for hydroxylation is 1. The largest absolute Gasteiger partial charge is 0.382 e. The van der Waals surface area contributed by atoms with Gasteiger partial charge in [0.25, 0.3) is 0 Å². The van der Waals surface area contributed by atoms with Crippen molar-refractivity contribution in [3.05, 3.63) is 10.4 Å². The topological polar surface area (TPSA) is 55.0 Å². The maximum atomic E-state index is 5.95. The second kappa shape index (κ2) is 5.01. The van der Waals surface area contributed by atoms with Gasteiger partial charge in [0.05, 0.1) is 16.3 Å². The van der Waals surface area contributed by atoms with Crippen LogP contribution in [0.25, 0.3) is 11.3 Å². The van der Waals surface area contributed by atoms with Gasteiger partial charge in [-0.3, -0.25) is 0 Å². The summed E-state index contributed by atoms with van der Waals surface area (Å²) in [6.45, 7) is 5.16. The Hall–Kier alpha value is -1.14. The Balaban J connectivity index is 2.42. The molecule has 0 saturated carbocycles. The zero-order chi connectivity index (χ0) is 12.4. The van der Waals surface area contributed by atoms with E-state index in [1.54, 1.807) is 11.3 Å². The summed E-state index contributed by atoms with van der Waals surface area (Å²) >= 11 is 3.08. The van der Waals surface area contributed by atoms with E-state index in [0.717, 1.165) is 34.2 Å². The van der Waals surface area contributed by atoms with E-state index in [1.165, 1.54) is 11.5 Å². The second-order valence-corrected chi connectivity index (χ2v) is 5.74. The van der Waals surface area contributed by atoms with Gasteiger partial charge in [-0.25, -0.2) is 4.98 Å². The Morgan fingerprint density at radius 1 is 1.47 bits per heavy atom. The predicted molar refractivity (Wildman–Crippen MR) is 75.9 cm³/mol. The van der Waals surface area contributed by atoms with E-state index >= 15 is 0 Å². The molecule has 0 aliphatic rings. The van der Waals surface area contributed by atoms with Crippen molar-refractivity contribution in [2.24, 2.45) is 0 Å². The fourth-order valence-corrected chi connectivity index (χ4v) is 3.12. The van der Waals surface area contributed by atoms with Gasteiger partial charge < -0.3 is 10.6 Å². The van der Waals surface area contributed by atoms with Gasteiger partial charge in [0, 0.05) is 19.0 Å². The van der Waals surface area contributed by atoms with Crippen LogP contribution in [-0.4, -0.2) is 22.9 Å². The summed E-state index contributed by atoms with van der Waals surface area (Å²) in [6.07, 6.45) is 1.10. The third-order valence-electron chi connectivity index (χ3n) is 2.48. The molecule has 0 radical (unpaired) electrons. The van der Waals surface area contributed by atoms with Crippen molar-refractivity contribution < 1.29 is 0 Å². The van der Waals surface area contributed by atoms with E-state index < -0.39 is 0 Å². The molecule has 92 valence electrons. The molecule has 0 saturated heterocycles. The molecule has 17 heavy (non-hydrogen) atoms. The lowest BCUT2D eigenvalue weighted by molar-refractivity contribution is 0.860. The highest BCUT2D eigenvalue weighted by atomic mass is 32.1. The Kier molecular flexibility index (Phi) is 3.63. The van der Waals surface area contributed by atoms with Crippen LogP contribution in [0.4, 0.5) is 10.8 Å².